The van der Waals surface area contributed by atoms with Gasteiger partial charge in [0.1, 0.15) is 0 Å². The molecule has 0 aliphatic carbocycles. The average molecular weight is 281 g/mol. The van der Waals surface area contributed by atoms with E-state index >= 15 is 0 Å². The Kier molecular flexibility index (Phi) is 3.76. The van der Waals surface area contributed by atoms with Gasteiger partial charge in [0, 0.05) is 18.7 Å². The fourth-order valence-electron chi connectivity index (χ4n) is 2.77. The highest BCUT2D eigenvalue weighted by molar-refractivity contribution is 5.95. The normalized spacial score (nSPS) is 18.0. The molecule has 0 radical (unpaired) electrons. The van der Waals surface area contributed by atoms with Crippen LogP contribution in [0, 0.1) is 6.92 Å². The number of hydrogen-bond acceptors (Lipinski definition) is 2. The van der Waals surface area contributed by atoms with Crippen molar-refractivity contribution in [1.82, 2.24) is 4.90 Å². The van der Waals surface area contributed by atoms with E-state index in [0.717, 1.165) is 11.1 Å². The molecular formula is C18H19NO2. The summed E-state index contributed by atoms with van der Waals surface area (Å²) in [6.07, 6.45) is 0.289. The van der Waals surface area contributed by atoms with Gasteiger partial charge in [0.25, 0.3) is 5.91 Å². The summed E-state index contributed by atoms with van der Waals surface area (Å²) >= 11 is 0. The van der Waals surface area contributed by atoms with Crippen LogP contribution in [0.2, 0.25) is 0 Å². The number of carbonyl (C=O) groups is 1. The Bertz CT molecular complexity index is 666. The lowest BCUT2D eigenvalue weighted by Gasteiger charge is -2.16. The van der Waals surface area contributed by atoms with Gasteiger partial charge in [0.15, 0.2) is 0 Å². The molecule has 3 rings (SSSR count). The van der Waals surface area contributed by atoms with Crippen molar-refractivity contribution in [2.45, 2.75) is 19.4 Å². The summed E-state index contributed by atoms with van der Waals surface area (Å²) in [6.45, 7) is 3.13. The number of rotatable bonds is 2. The van der Waals surface area contributed by atoms with Crippen molar-refractivity contribution in [2.75, 3.05) is 13.1 Å². The van der Waals surface area contributed by atoms with Crippen LogP contribution in [0.15, 0.2) is 48.5 Å². The molecule has 1 fully saturated rings. The highest BCUT2D eigenvalue weighted by Gasteiger charge is 2.25. The highest BCUT2D eigenvalue weighted by Crippen LogP contribution is 2.23. The maximum atomic E-state index is 12.5. The van der Waals surface area contributed by atoms with Gasteiger partial charge in [-0.1, -0.05) is 42.0 Å². The van der Waals surface area contributed by atoms with Crippen molar-refractivity contribution in [3.63, 3.8) is 0 Å². The van der Waals surface area contributed by atoms with Crippen LogP contribution in [0.4, 0.5) is 0 Å². The van der Waals surface area contributed by atoms with Gasteiger partial charge in [0.05, 0.1) is 6.10 Å². The molecule has 2 aromatic carbocycles. The Morgan fingerprint density at radius 3 is 2.52 bits per heavy atom. The first-order valence-electron chi connectivity index (χ1n) is 7.28. The topological polar surface area (TPSA) is 40.5 Å². The fraction of sp³-hybridized carbons (Fsp3) is 0.278. The molecule has 1 unspecified atom stereocenters. The number of carbonyl (C=O) groups excluding carboxylic acids is 1. The second kappa shape index (κ2) is 5.70. The van der Waals surface area contributed by atoms with Gasteiger partial charge in [-0.2, -0.15) is 0 Å². The molecular weight excluding hydrogens is 262 g/mol. The van der Waals surface area contributed by atoms with E-state index in [4.69, 9.17) is 0 Å². The van der Waals surface area contributed by atoms with Crippen LogP contribution in [-0.2, 0) is 0 Å². The minimum atomic E-state index is -0.381. The first kappa shape index (κ1) is 13.8. The number of aryl methyl sites for hydroxylation is 1. The van der Waals surface area contributed by atoms with Crippen molar-refractivity contribution < 1.29 is 9.90 Å². The van der Waals surface area contributed by atoms with E-state index in [9.17, 15) is 9.90 Å². The number of likely N-dealkylation sites (tertiary alicyclic amines) is 1. The highest BCUT2D eigenvalue weighted by atomic mass is 16.3. The lowest BCUT2D eigenvalue weighted by molar-refractivity contribution is 0.0765. The van der Waals surface area contributed by atoms with Crippen molar-refractivity contribution in [2.24, 2.45) is 0 Å². The van der Waals surface area contributed by atoms with Crippen molar-refractivity contribution >= 4 is 5.91 Å². The third-order valence-corrected chi connectivity index (χ3v) is 3.91. The molecule has 0 bridgehead atoms. The van der Waals surface area contributed by atoms with Crippen molar-refractivity contribution in [3.05, 3.63) is 59.7 Å². The predicted octanol–water partition coefficient (Wildman–Crippen LogP) is 2.87. The number of nitrogens with zero attached hydrogens (tertiary/aromatic N) is 1. The van der Waals surface area contributed by atoms with E-state index in [-0.39, 0.29) is 12.0 Å². The van der Waals surface area contributed by atoms with Crippen LogP contribution in [0.5, 0.6) is 0 Å². The minimum absolute atomic E-state index is 0.000975. The van der Waals surface area contributed by atoms with Gasteiger partial charge in [-0.25, -0.2) is 0 Å². The molecule has 3 heteroatoms. The zero-order valence-corrected chi connectivity index (χ0v) is 12.1. The Hall–Kier alpha value is -2.13. The molecule has 1 atom stereocenters. The molecule has 21 heavy (non-hydrogen) atoms. The molecule has 3 nitrogen and oxygen atoms in total. The third-order valence-electron chi connectivity index (χ3n) is 3.91. The monoisotopic (exact) mass is 281 g/mol. The summed E-state index contributed by atoms with van der Waals surface area (Å²) in [5.74, 6) is 0.000975. The molecule has 0 saturated carbocycles. The van der Waals surface area contributed by atoms with E-state index in [1.165, 1.54) is 5.56 Å². The maximum absolute atomic E-state index is 12.5. The van der Waals surface area contributed by atoms with Gasteiger partial charge in [0.2, 0.25) is 0 Å². The minimum Gasteiger partial charge on any atom is -0.391 e. The van der Waals surface area contributed by atoms with Crippen LogP contribution >= 0.6 is 0 Å². The molecule has 1 heterocycles. The Morgan fingerprint density at radius 2 is 1.86 bits per heavy atom. The average Bonchev–Trinajstić information content (AvgIpc) is 2.93. The zero-order valence-electron chi connectivity index (χ0n) is 12.1. The largest absolute Gasteiger partial charge is 0.391 e. The van der Waals surface area contributed by atoms with E-state index in [1.807, 2.05) is 30.3 Å². The number of β-amino-alcohol motifs (C(OH)–C–C–N with tert-alkyl or cyclic N) is 1. The summed E-state index contributed by atoms with van der Waals surface area (Å²) in [7, 11) is 0. The zero-order chi connectivity index (χ0) is 14.8. The second-order valence-electron chi connectivity index (χ2n) is 5.64. The van der Waals surface area contributed by atoms with Crippen LogP contribution in [0.1, 0.15) is 22.3 Å². The molecule has 1 N–H and O–H groups in total. The van der Waals surface area contributed by atoms with Crippen molar-refractivity contribution in [3.8, 4) is 11.1 Å². The van der Waals surface area contributed by atoms with Gasteiger partial charge in [-0.05, 0) is 36.6 Å². The number of hydrogen-bond donors (Lipinski definition) is 1. The van der Waals surface area contributed by atoms with E-state index < -0.39 is 0 Å². The van der Waals surface area contributed by atoms with Crippen LogP contribution < -0.4 is 0 Å². The van der Waals surface area contributed by atoms with Gasteiger partial charge in [-0.15, -0.1) is 0 Å². The van der Waals surface area contributed by atoms with Crippen LogP contribution in [0.25, 0.3) is 11.1 Å². The molecule has 1 aliphatic rings. The van der Waals surface area contributed by atoms with Gasteiger partial charge >= 0.3 is 0 Å². The summed E-state index contributed by atoms with van der Waals surface area (Å²) in [5.41, 5.74) is 4.05. The third kappa shape index (κ3) is 2.98. The van der Waals surface area contributed by atoms with Crippen molar-refractivity contribution in [1.29, 1.82) is 0 Å². The first-order chi connectivity index (χ1) is 10.1. The molecule has 2 aromatic rings. The molecule has 108 valence electrons. The van der Waals surface area contributed by atoms with Crippen LogP contribution in [0.3, 0.4) is 0 Å². The number of aliphatic hydroxyl groups is 1. The molecule has 0 spiro atoms. The SMILES string of the molecule is Cc1cccc(-c2cccc(C(=O)N3CCC(O)C3)c2)c1. The van der Waals surface area contributed by atoms with Crippen LogP contribution in [-0.4, -0.2) is 35.1 Å². The summed E-state index contributed by atoms with van der Waals surface area (Å²) in [4.78, 5) is 14.2. The standard InChI is InChI=1S/C18H19NO2/c1-13-4-2-5-14(10-13)15-6-3-7-16(11-15)18(21)19-9-8-17(20)12-19/h2-7,10-11,17,20H,8-9,12H2,1H3. The van der Waals surface area contributed by atoms with E-state index in [2.05, 4.69) is 25.1 Å². The smallest absolute Gasteiger partial charge is 0.253 e. The number of benzene rings is 2. The second-order valence-corrected chi connectivity index (χ2v) is 5.64. The molecule has 1 saturated heterocycles. The molecule has 1 amide bonds. The summed E-state index contributed by atoms with van der Waals surface area (Å²) in [5, 5.41) is 9.56. The van der Waals surface area contributed by atoms with Gasteiger partial charge < -0.3 is 10.0 Å². The van der Waals surface area contributed by atoms with E-state index in [1.54, 1.807) is 4.90 Å². The Balaban J connectivity index is 1.88. The first-order valence-corrected chi connectivity index (χ1v) is 7.28. The lowest BCUT2D eigenvalue weighted by Crippen LogP contribution is -2.29. The summed E-state index contributed by atoms with van der Waals surface area (Å²) < 4.78 is 0. The quantitative estimate of drug-likeness (QED) is 0.919. The van der Waals surface area contributed by atoms with Gasteiger partial charge in [-0.3, -0.25) is 4.79 Å². The number of aliphatic hydroxyl groups excluding tert-OH is 1. The van der Waals surface area contributed by atoms with E-state index in [0.29, 0.717) is 25.1 Å². The Morgan fingerprint density at radius 1 is 1.14 bits per heavy atom. The Labute approximate surface area is 124 Å². The summed E-state index contributed by atoms with van der Waals surface area (Å²) in [6, 6.07) is 16.0. The molecule has 1 aliphatic heterocycles. The predicted molar refractivity (Wildman–Crippen MR) is 83.1 cm³/mol. The fourth-order valence-corrected chi connectivity index (χ4v) is 2.77. The maximum Gasteiger partial charge on any atom is 0.253 e. The molecule has 0 aromatic heterocycles. The number of amides is 1. The lowest BCUT2D eigenvalue weighted by atomic mass is 10.0.